The zero-order valence-corrected chi connectivity index (χ0v) is 18.9. The minimum atomic E-state index is 0.0113. The number of hydrogen-bond acceptors (Lipinski definition) is 4. The Morgan fingerprint density at radius 1 is 0.879 bits per heavy atom. The van der Waals surface area contributed by atoms with Crippen LogP contribution >= 0.6 is 0 Å². The first kappa shape index (κ1) is 22.8. The van der Waals surface area contributed by atoms with Crippen molar-refractivity contribution >= 4 is 17.9 Å². The third kappa shape index (κ3) is 6.09. The number of nitrogens with zero attached hydrogens (tertiary/aromatic N) is 4. The van der Waals surface area contributed by atoms with Crippen molar-refractivity contribution in [3.63, 3.8) is 0 Å². The summed E-state index contributed by atoms with van der Waals surface area (Å²) in [5, 5.41) is 8.93. The quantitative estimate of drug-likeness (QED) is 0.667. The van der Waals surface area contributed by atoms with Crippen molar-refractivity contribution in [1.82, 2.24) is 14.7 Å². The van der Waals surface area contributed by atoms with Gasteiger partial charge in [0, 0.05) is 57.8 Å². The summed E-state index contributed by atoms with van der Waals surface area (Å²) in [7, 11) is 0. The normalized spacial score (nSPS) is 17.8. The minimum absolute atomic E-state index is 0.0113. The molecule has 2 aromatic rings. The number of rotatable bonds is 5. The summed E-state index contributed by atoms with van der Waals surface area (Å²) in [4.78, 5) is 31.7. The first-order valence-corrected chi connectivity index (χ1v) is 11.6. The van der Waals surface area contributed by atoms with Gasteiger partial charge >= 0.3 is 0 Å². The molecule has 6 nitrogen and oxygen atoms in total. The van der Waals surface area contributed by atoms with E-state index in [0.29, 0.717) is 18.7 Å². The maximum atomic E-state index is 13.0. The highest BCUT2D eigenvalue weighted by molar-refractivity contribution is 5.92. The van der Waals surface area contributed by atoms with E-state index in [0.717, 1.165) is 51.1 Å². The van der Waals surface area contributed by atoms with Gasteiger partial charge in [-0.05, 0) is 42.2 Å². The molecule has 6 heteroatoms. The van der Waals surface area contributed by atoms with Crippen LogP contribution in [0, 0.1) is 17.2 Å². The first-order valence-electron chi connectivity index (χ1n) is 11.6. The molecule has 2 aromatic carbocycles. The summed E-state index contributed by atoms with van der Waals surface area (Å²) in [6, 6.07) is 19.7. The van der Waals surface area contributed by atoms with Gasteiger partial charge < -0.3 is 9.80 Å². The van der Waals surface area contributed by atoms with Crippen LogP contribution in [0.1, 0.15) is 29.5 Å². The van der Waals surface area contributed by atoms with Crippen LogP contribution in [0.5, 0.6) is 0 Å². The van der Waals surface area contributed by atoms with Crippen molar-refractivity contribution in [2.24, 2.45) is 5.92 Å². The van der Waals surface area contributed by atoms with Crippen LogP contribution in [0.3, 0.4) is 0 Å². The molecular formula is C27H30N4O2. The molecule has 33 heavy (non-hydrogen) atoms. The molecule has 0 atom stereocenters. The van der Waals surface area contributed by atoms with E-state index in [1.165, 1.54) is 5.56 Å². The van der Waals surface area contributed by atoms with Crippen LogP contribution in [0.2, 0.25) is 0 Å². The maximum absolute atomic E-state index is 13.0. The van der Waals surface area contributed by atoms with Gasteiger partial charge in [0.15, 0.2) is 0 Å². The summed E-state index contributed by atoms with van der Waals surface area (Å²) in [6.07, 6.45) is 4.94. The predicted octanol–water partition coefficient (Wildman–Crippen LogP) is 3.15. The fourth-order valence-corrected chi connectivity index (χ4v) is 4.51. The van der Waals surface area contributed by atoms with Gasteiger partial charge in [-0.3, -0.25) is 14.5 Å². The molecule has 0 unspecified atom stereocenters. The van der Waals surface area contributed by atoms with Crippen molar-refractivity contribution in [3.05, 3.63) is 77.4 Å². The van der Waals surface area contributed by atoms with Crippen molar-refractivity contribution in [2.45, 2.75) is 19.4 Å². The second-order valence-corrected chi connectivity index (χ2v) is 8.75. The van der Waals surface area contributed by atoms with Gasteiger partial charge in [0.25, 0.3) is 0 Å². The minimum Gasteiger partial charge on any atom is -0.340 e. The molecule has 0 N–H and O–H groups in total. The van der Waals surface area contributed by atoms with Crippen LogP contribution in [-0.4, -0.2) is 65.8 Å². The van der Waals surface area contributed by atoms with Crippen LogP contribution in [0.4, 0.5) is 0 Å². The standard InChI is InChI=1S/C27H30N4O2/c28-20-23-6-8-24(9-7-23)21-29-16-18-31(19-17-29)27(33)25-12-14-30(15-13-25)26(32)11-10-22-4-2-1-3-5-22/h1-11,25H,12-19,21H2/b11-10+. The zero-order valence-electron chi connectivity index (χ0n) is 18.9. The van der Waals surface area contributed by atoms with Crippen molar-refractivity contribution in [1.29, 1.82) is 5.26 Å². The Labute approximate surface area is 195 Å². The fraction of sp³-hybridized carbons (Fsp3) is 0.370. The summed E-state index contributed by atoms with van der Waals surface area (Å²) in [5.74, 6) is 0.262. The second-order valence-electron chi connectivity index (χ2n) is 8.75. The molecule has 2 heterocycles. The van der Waals surface area contributed by atoms with Gasteiger partial charge in [-0.25, -0.2) is 0 Å². The van der Waals surface area contributed by atoms with Gasteiger partial charge in [0.2, 0.25) is 11.8 Å². The number of carbonyl (C=O) groups is 2. The fourth-order valence-electron chi connectivity index (χ4n) is 4.51. The maximum Gasteiger partial charge on any atom is 0.246 e. The Bertz CT molecular complexity index is 1010. The molecule has 2 amide bonds. The summed E-state index contributed by atoms with van der Waals surface area (Å²) >= 11 is 0. The summed E-state index contributed by atoms with van der Waals surface area (Å²) in [5.41, 5.74) is 2.87. The molecule has 2 fully saturated rings. The number of carbonyl (C=O) groups excluding carboxylic acids is 2. The van der Waals surface area contributed by atoms with Crippen molar-refractivity contribution in [2.75, 3.05) is 39.3 Å². The van der Waals surface area contributed by atoms with E-state index in [9.17, 15) is 9.59 Å². The topological polar surface area (TPSA) is 67.7 Å². The van der Waals surface area contributed by atoms with Crippen LogP contribution in [0.15, 0.2) is 60.7 Å². The molecule has 0 spiro atoms. The van der Waals surface area contributed by atoms with Crippen molar-refractivity contribution < 1.29 is 9.59 Å². The molecule has 0 saturated carbocycles. The van der Waals surface area contributed by atoms with Gasteiger partial charge in [0.1, 0.15) is 0 Å². The van der Waals surface area contributed by atoms with Crippen LogP contribution < -0.4 is 0 Å². The summed E-state index contributed by atoms with van der Waals surface area (Å²) < 4.78 is 0. The summed E-state index contributed by atoms with van der Waals surface area (Å²) in [6.45, 7) is 5.30. The number of benzene rings is 2. The Hall–Kier alpha value is -3.43. The molecule has 2 aliphatic heterocycles. The monoisotopic (exact) mass is 442 g/mol. The number of nitriles is 1. The molecule has 0 radical (unpaired) electrons. The van der Waals surface area contributed by atoms with E-state index in [2.05, 4.69) is 11.0 Å². The third-order valence-corrected chi connectivity index (χ3v) is 6.55. The number of amides is 2. The molecule has 4 rings (SSSR count). The molecular weight excluding hydrogens is 412 g/mol. The van der Waals surface area contributed by atoms with Gasteiger partial charge in [-0.2, -0.15) is 5.26 Å². The lowest BCUT2D eigenvalue weighted by atomic mass is 9.95. The van der Waals surface area contributed by atoms with Gasteiger partial charge in [-0.15, -0.1) is 0 Å². The number of hydrogen-bond donors (Lipinski definition) is 0. The Balaban J connectivity index is 1.20. The molecule has 0 aliphatic carbocycles. The Morgan fingerprint density at radius 2 is 1.55 bits per heavy atom. The Morgan fingerprint density at radius 3 is 2.18 bits per heavy atom. The number of piperidine rings is 1. The third-order valence-electron chi connectivity index (χ3n) is 6.55. The van der Waals surface area contributed by atoms with Crippen LogP contribution in [0.25, 0.3) is 6.08 Å². The van der Waals surface area contributed by atoms with E-state index < -0.39 is 0 Å². The van der Waals surface area contributed by atoms with E-state index >= 15 is 0 Å². The van der Waals surface area contributed by atoms with E-state index in [1.54, 1.807) is 6.08 Å². The predicted molar refractivity (Wildman–Crippen MR) is 128 cm³/mol. The molecule has 0 bridgehead atoms. The largest absolute Gasteiger partial charge is 0.340 e. The number of piperazine rings is 1. The first-order chi connectivity index (χ1) is 16.1. The smallest absolute Gasteiger partial charge is 0.246 e. The molecule has 0 aromatic heterocycles. The van der Waals surface area contributed by atoms with E-state index in [4.69, 9.17) is 5.26 Å². The highest BCUT2D eigenvalue weighted by Crippen LogP contribution is 2.21. The van der Waals surface area contributed by atoms with E-state index in [1.807, 2.05) is 70.5 Å². The van der Waals surface area contributed by atoms with Gasteiger partial charge in [0.05, 0.1) is 11.6 Å². The van der Waals surface area contributed by atoms with E-state index in [-0.39, 0.29) is 17.7 Å². The highest BCUT2D eigenvalue weighted by Gasteiger charge is 2.31. The molecule has 2 aliphatic rings. The molecule has 170 valence electrons. The molecule has 2 saturated heterocycles. The van der Waals surface area contributed by atoms with Crippen LogP contribution in [-0.2, 0) is 16.1 Å². The van der Waals surface area contributed by atoms with Gasteiger partial charge in [-0.1, -0.05) is 42.5 Å². The SMILES string of the molecule is N#Cc1ccc(CN2CCN(C(=O)C3CCN(C(=O)/C=C/c4ccccc4)CC3)CC2)cc1. The second kappa shape index (κ2) is 10.9. The lowest BCUT2D eigenvalue weighted by molar-refractivity contribution is -0.141. The Kier molecular flexibility index (Phi) is 7.54. The zero-order chi connectivity index (χ0) is 23.0. The average Bonchev–Trinajstić information content (AvgIpc) is 2.88. The lowest BCUT2D eigenvalue weighted by Gasteiger charge is -2.38. The van der Waals surface area contributed by atoms with Crippen molar-refractivity contribution in [3.8, 4) is 6.07 Å². The number of likely N-dealkylation sites (tertiary alicyclic amines) is 1. The highest BCUT2D eigenvalue weighted by atomic mass is 16.2. The lowest BCUT2D eigenvalue weighted by Crippen LogP contribution is -2.51. The average molecular weight is 443 g/mol.